The maximum absolute atomic E-state index is 13.3. The molecular weight excluding hydrogens is 428 g/mol. The van der Waals surface area contributed by atoms with Gasteiger partial charge in [0.2, 0.25) is 0 Å². The van der Waals surface area contributed by atoms with Gasteiger partial charge < -0.3 is 15.0 Å². The minimum Gasteiger partial charge on any atom is -0.378 e. The zero-order chi connectivity index (χ0) is 22.5. The molecule has 8 nitrogen and oxygen atoms in total. The normalized spacial score (nSPS) is 19.0. The molecule has 0 bridgehead atoms. The second-order valence-electron chi connectivity index (χ2n) is 8.52. The molecule has 1 aromatic heterocycles. The van der Waals surface area contributed by atoms with Gasteiger partial charge in [-0.15, -0.1) is 11.3 Å². The molecular formula is C23H30N4O4S. The molecule has 1 unspecified atom stereocenters. The number of rotatable bonds is 7. The first kappa shape index (κ1) is 22.7. The smallest absolute Gasteiger partial charge is 0.270 e. The summed E-state index contributed by atoms with van der Waals surface area (Å²) in [6, 6.07) is 8.80. The fraction of sp³-hybridized carbons (Fsp3) is 0.522. The summed E-state index contributed by atoms with van der Waals surface area (Å²) in [7, 11) is 0. The van der Waals surface area contributed by atoms with Crippen molar-refractivity contribution >= 4 is 28.6 Å². The zero-order valence-electron chi connectivity index (χ0n) is 18.4. The standard InChI is InChI=1S/C23H30N4O4S/c1-17-6-8-25(9-7-17)21(22-3-2-14-32-22)16-24-23(28)19-15-18(27(29)30)4-5-20(19)26-10-12-31-13-11-26/h2-5,14-15,17,21H,6-13,16H2,1H3,(H,24,28). The van der Waals surface area contributed by atoms with Crippen molar-refractivity contribution in [1.29, 1.82) is 0 Å². The lowest BCUT2D eigenvalue weighted by Gasteiger charge is -2.36. The SMILES string of the molecule is CC1CCN(C(CNC(=O)c2cc([N+](=O)[O-])ccc2N2CCOCC2)c2cccs2)CC1. The van der Waals surface area contributed by atoms with Crippen molar-refractivity contribution in [3.8, 4) is 0 Å². The summed E-state index contributed by atoms with van der Waals surface area (Å²) in [6.45, 7) is 7.24. The summed E-state index contributed by atoms with van der Waals surface area (Å²) >= 11 is 1.70. The van der Waals surface area contributed by atoms with Crippen LogP contribution in [0.15, 0.2) is 35.7 Å². The van der Waals surface area contributed by atoms with Crippen LogP contribution < -0.4 is 10.2 Å². The number of nitrogens with one attached hydrogen (secondary N) is 1. The minimum atomic E-state index is -0.455. The van der Waals surface area contributed by atoms with Crippen molar-refractivity contribution in [2.45, 2.75) is 25.8 Å². The number of carbonyl (C=O) groups is 1. The van der Waals surface area contributed by atoms with Crippen LogP contribution in [0.1, 0.15) is 41.0 Å². The third kappa shape index (κ3) is 5.28. The Morgan fingerprint density at radius 2 is 2.00 bits per heavy atom. The van der Waals surface area contributed by atoms with Gasteiger partial charge in [0.1, 0.15) is 0 Å². The molecule has 3 heterocycles. The molecule has 2 aliphatic rings. The molecule has 1 atom stereocenters. The number of piperidine rings is 1. The van der Waals surface area contributed by atoms with Crippen LogP contribution in [0.25, 0.3) is 0 Å². The van der Waals surface area contributed by atoms with E-state index in [-0.39, 0.29) is 17.6 Å². The molecule has 9 heteroatoms. The summed E-state index contributed by atoms with van der Waals surface area (Å²) < 4.78 is 5.42. The summed E-state index contributed by atoms with van der Waals surface area (Å²) in [5.74, 6) is 0.452. The fourth-order valence-electron chi connectivity index (χ4n) is 4.41. The molecule has 1 N–H and O–H groups in total. The number of amides is 1. The largest absolute Gasteiger partial charge is 0.378 e. The van der Waals surface area contributed by atoms with E-state index in [4.69, 9.17) is 4.74 Å². The highest BCUT2D eigenvalue weighted by molar-refractivity contribution is 7.10. The Labute approximate surface area is 192 Å². The number of morpholine rings is 1. The Balaban J connectivity index is 1.53. The number of nitro benzene ring substituents is 1. The van der Waals surface area contributed by atoms with Crippen LogP contribution in [-0.2, 0) is 4.74 Å². The van der Waals surface area contributed by atoms with Gasteiger partial charge in [-0.1, -0.05) is 13.0 Å². The van der Waals surface area contributed by atoms with E-state index in [1.807, 2.05) is 6.07 Å². The summed E-state index contributed by atoms with van der Waals surface area (Å²) in [5, 5.41) is 16.5. The Morgan fingerprint density at radius 3 is 2.66 bits per heavy atom. The van der Waals surface area contributed by atoms with E-state index in [1.165, 1.54) is 17.0 Å². The lowest BCUT2D eigenvalue weighted by Crippen LogP contribution is -2.42. The van der Waals surface area contributed by atoms with Gasteiger partial charge in [0.25, 0.3) is 11.6 Å². The average molecular weight is 459 g/mol. The van der Waals surface area contributed by atoms with E-state index < -0.39 is 4.92 Å². The molecule has 0 spiro atoms. The van der Waals surface area contributed by atoms with E-state index in [9.17, 15) is 14.9 Å². The first-order valence-electron chi connectivity index (χ1n) is 11.2. The highest BCUT2D eigenvalue weighted by atomic mass is 32.1. The average Bonchev–Trinajstić information content (AvgIpc) is 3.35. The van der Waals surface area contributed by atoms with Crippen LogP contribution in [-0.4, -0.2) is 61.7 Å². The number of benzene rings is 1. The quantitative estimate of drug-likeness (QED) is 0.503. The van der Waals surface area contributed by atoms with E-state index in [0.717, 1.165) is 37.5 Å². The number of thiophene rings is 1. The van der Waals surface area contributed by atoms with E-state index >= 15 is 0 Å². The maximum atomic E-state index is 13.3. The zero-order valence-corrected chi connectivity index (χ0v) is 19.2. The van der Waals surface area contributed by atoms with Gasteiger partial charge >= 0.3 is 0 Å². The van der Waals surface area contributed by atoms with Gasteiger partial charge in [0.05, 0.1) is 35.4 Å². The Hall–Kier alpha value is -2.49. The summed E-state index contributed by atoms with van der Waals surface area (Å²) in [6.07, 6.45) is 2.31. The number of hydrogen-bond acceptors (Lipinski definition) is 7. The van der Waals surface area contributed by atoms with Gasteiger partial charge in [-0.3, -0.25) is 19.8 Å². The summed E-state index contributed by atoms with van der Waals surface area (Å²) in [5.41, 5.74) is 0.987. The molecule has 1 aromatic carbocycles. The molecule has 2 fully saturated rings. The van der Waals surface area contributed by atoms with E-state index in [2.05, 4.69) is 33.5 Å². The van der Waals surface area contributed by atoms with Gasteiger partial charge in [-0.2, -0.15) is 0 Å². The van der Waals surface area contributed by atoms with Crippen LogP contribution in [0, 0.1) is 16.0 Å². The number of carbonyl (C=O) groups excluding carboxylic acids is 1. The second-order valence-corrected chi connectivity index (χ2v) is 9.50. The van der Waals surface area contributed by atoms with Crippen molar-refractivity contribution in [3.05, 3.63) is 56.3 Å². The first-order valence-corrected chi connectivity index (χ1v) is 12.1. The fourth-order valence-corrected chi connectivity index (χ4v) is 5.28. The Bertz CT molecular complexity index is 922. The van der Waals surface area contributed by atoms with Crippen LogP contribution in [0.5, 0.6) is 0 Å². The van der Waals surface area contributed by atoms with Crippen LogP contribution in [0.2, 0.25) is 0 Å². The molecule has 172 valence electrons. The first-order chi connectivity index (χ1) is 15.5. The van der Waals surface area contributed by atoms with Gasteiger partial charge in [-0.05, 0) is 49.4 Å². The van der Waals surface area contributed by atoms with Gasteiger partial charge in [0, 0.05) is 36.6 Å². The highest BCUT2D eigenvalue weighted by Gasteiger charge is 2.27. The maximum Gasteiger partial charge on any atom is 0.270 e. The molecule has 0 radical (unpaired) electrons. The minimum absolute atomic E-state index is 0.0769. The summed E-state index contributed by atoms with van der Waals surface area (Å²) in [4.78, 5) is 29.9. The second kappa shape index (κ2) is 10.4. The number of non-ortho nitro benzene ring substituents is 1. The molecule has 4 rings (SSSR count). The Morgan fingerprint density at radius 1 is 1.25 bits per heavy atom. The third-order valence-corrected chi connectivity index (χ3v) is 7.35. The number of nitro groups is 1. The lowest BCUT2D eigenvalue weighted by atomic mass is 9.97. The highest BCUT2D eigenvalue weighted by Crippen LogP contribution is 2.30. The monoisotopic (exact) mass is 458 g/mol. The number of anilines is 1. The van der Waals surface area contributed by atoms with E-state index in [0.29, 0.717) is 38.4 Å². The molecule has 2 saturated heterocycles. The van der Waals surface area contributed by atoms with Crippen LogP contribution in [0.3, 0.4) is 0 Å². The van der Waals surface area contributed by atoms with Crippen molar-refractivity contribution in [2.24, 2.45) is 5.92 Å². The third-order valence-electron chi connectivity index (χ3n) is 6.37. The van der Waals surface area contributed by atoms with Crippen LogP contribution in [0.4, 0.5) is 11.4 Å². The Kier molecular flexibility index (Phi) is 7.39. The molecule has 2 aliphatic heterocycles. The predicted molar refractivity (Wildman–Crippen MR) is 125 cm³/mol. The van der Waals surface area contributed by atoms with Gasteiger partial charge in [-0.25, -0.2) is 0 Å². The molecule has 32 heavy (non-hydrogen) atoms. The number of likely N-dealkylation sites (tertiary alicyclic amines) is 1. The van der Waals surface area contributed by atoms with Crippen molar-refractivity contribution in [3.63, 3.8) is 0 Å². The molecule has 0 saturated carbocycles. The lowest BCUT2D eigenvalue weighted by molar-refractivity contribution is -0.384. The number of ether oxygens (including phenoxy) is 1. The van der Waals surface area contributed by atoms with Crippen molar-refractivity contribution in [1.82, 2.24) is 10.2 Å². The number of hydrogen-bond donors (Lipinski definition) is 1. The number of nitrogens with zero attached hydrogens (tertiary/aromatic N) is 3. The van der Waals surface area contributed by atoms with Gasteiger partial charge in [0.15, 0.2) is 0 Å². The van der Waals surface area contributed by atoms with Crippen molar-refractivity contribution in [2.75, 3.05) is 50.8 Å². The molecule has 1 amide bonds. The predicted octanol–water partition coefficient (Wildman–Crippen LogP) is 3.70. The topological polar surface area (TPSA) is 88.0 Å². The van der Waals surface area contributed by atoms with E-state index in [1.54, 1.807) is 17.4 Å². The van der Waals surface area contributed by atoms with Crippen LogP contribution >= 0.6 is 11.3 Å². The molecule has 0 aliphatic carbocycles. The molecule has 2 aromatic rings. The van der Waals surface area contributed by atoms with Crippen molar-refractivity contribution < 1.29 is 14.5 Å².